The Morgan fingerprint density at radius 3 is 2.19 bits per heavy atom. The Hall–Kier alpha value is -1.94. The van der Waals surface area contributed by atoms with Crippen LogP contribution in [-0.4, -0.2) is 17.1 Å². The Balaban J connectivity index is 2.28. The lowest BCUT2D eigenvalue weighted by atomic mass is 10.1. The summed E-state index contributed by atoms with van der Waals surface area (Å²) >= 11 is 0. The van der Waals surface area contributed by atoms with Crippen molar-refractivity contribution in [1.29, 1.82) is 0 Å². The van der Waals surface area contributed by atoms with Crippen molar-refractivity contribution < 1.29 is 4.74 Å². The summed E-state index contributed by atoms with van der Waals surface area (Å²) in [6, 6.07) is 7.76. The van der Waals surface area contributed by atoms with Crippen LogP contribution in [0.15, 0.2) is 36.7 Å². The van der Waals surface area contributed by atoms with Crippen LogP contribution in [0.4, 0.5) is 0 Å². The van der Waals surface area contributed by atoms with Crippen molar-refractivity contribution in [3.8, 4) is 16.9 Å². The van der Waals surface area contributed by atoms with Crippen LogP contribution in [0.1, 0.15) is 5.82 Å². The molecule has 0 aliphatic heterocycles. The topological polar surface area (TPSA) is 61.0 Å². The third kappa shape index (κ3) is 2.17. The number of aromatic nitrogens is 2. The Morgan fingerprint density at radius 1 is 1.06 bits per heavy atom. The molecule has 0 saturated heterocycles. The van der Waals surface area contributed by atoms with E-state index in [4.69, 9.17) is 10.5 Å². The van der Waals surface area contributed by atoms with Crippen LogP contribution in [-0.2, 0) is 6.54 Å². The zero-order valence-electron chi connectivity index (χ0n) is 9.05. The number of methoxy groups -OCH3 is 1. The number of hydrogen-bond donors (Lipinski definition) is 1. The molecule has 1 aromatic heterocycles. The molecule has 2 N–H and O–H groups in total. The minimum Gasteiger partial charge on any atom is -0.497 e. The van der Waals surface area contributed by atoms with E-state index in [1.807, 2.05) is 24.3 Å². The normalized spacial score (nSPS) is 10.1. The van der Waals surface area contributed by atoms with Crippen LogP contribution in [0.2, 0.25) is 0 Å². The Labute approximate surface area is 94.1 Å². The van der Waals surface area contributed by atoms with E-state index in [1.54, 1.807) is 19.5 Å². The molecule has 0 amide bonds. The van der Waals surface area contributed by atoms with Gasteiger partial charge in [0.15, 0.2) is 0 Å². The van der Waals surface area contributed by atoms with Gasteiger partial charge in [-0.05, 0) is 17.7 Å². The van der Waals surface area contributed by atoms with Crippen molar-refractivity contribution in [3.05, 3.63) is 42.5 Å². The van der Waals surface area contributed by atoms with Crippen LogP contribution in [0, 0.1) is 0 Å². The van der Waals surface area contributed by atoms with Gasteiger partial charge in [0.2, 0.25) is 0 Å². The molecule has 4 heteroatoms. The van der Waals surface area contributed by atoms with Crippen LogP contribution >= 0.6 is 0 Å². The molecule has 16 heavy (non-hydrogen) atoms. The first-order chi connectivity index (χ1) is 7.83. The molecule has 2 rings (SSSR count). The molecule has 0 radical (unpaired) electrons. The minimum atomic E-state index is 0.364. The lowest BCUT2D eigenvalue weighted by Gasteiger charge is -2.03. The van der Waals surface area contributed by atoms with Gasteiger partial charge in [0.1, 0.15) is 11.6 Å². The highest BCUT2D eigenvalue weighted by Gasteiger charge is 1.99. The van der Waals surface area contributed by atoms with Crippen molar-refractivity contribution in [1.82, 2.24) is 9.97 Å². The smallest absolute Gasteiger partial charge is 0.141 e. The number of benzene rings is 1. The molecular formula is C12H13N3O. The fourth-order valence-electron chi connectivity index (χ4n) is 1.39. The van der Waals surface area contributed by atoms with E-state index in [0.717, 1.165) is 16.9 Å². The third-order valence-corrected chi connectivity index (χ3v) is 2.31. The van der Waals surface area contributed by atoms with Gasteiger partial charge in [0.05, 0.1) is 13.7 Å². The van der Waals surface area contributed by atoms with E-state index in [9.17, 15) is 0 Å². The lowest BCUT2D eigenvalue weighted by Crippen LogP contribution is -2.02. The number of rotatable bonds is 3. The summed E-state index contributed by atoms with van der Waals surface area (Å²) in [6.45, 7) is 0.364. The maximum Gasteiger partial charge on any atom is 0.141 e. The van der Waals surface area contributed by atoms with Gasteiger partial charge in [-0.1, -0.05) is 12.1 Å². The summed E-state index contributed by atoms with van der Waals surface area (Å²) in [5, 5.41) is 0. The average molecular weight is 215 g/mol. The number of nitrogens with two attached hydrogens (primary N) is 1. The number of hydrogen-bond acceptors (Lipinski definition) is 4. The molecule has 1 heterocycles. The third-order valence-electron chi connectivity index (χ3n) is 2.31. The highest BCUT2D eigenvalue weighted by molar-refractivity contribution is 5.62. The van der Waals surface area contributed by atoms with Gasteiger partial charge in [-0.2, -0.15) is 0 Å². The number of nitrogens with zero attached hydrogens (tertiary/aromatic N) is 2. The van der Waals surface area contributed by atoms with Gasteiger partial charge in [-0.25, -0.2) is 9.97 Å². The lowest BCUT2D eigenvalue weighted by molar-refractivity contribution is 0.415. The zero-order chi connectivity index (χ0) is 11.4. The molecule has 0 unspecified atom stereocenters. The molecule has 1 aromatic carbocycles. The standard InChI is InChI=1S/C12H13N3O/c1-16-11-4-2-9(3-5-11)10-7-14-12(6-13)15-8-10/h2-5,7-8H,6,13H2,1H3. The highest BCUT2D eigenvalue weighted by atomic mass is 16.5. The molecule has 0 aliphatic carbocycles. The summed E-state index contributed by atoms with van der Waals surface area (Å²) in [5.41, 5.74) is 7.47. The van der Waals surface area contributed by atoms with Crippen molar-refractivity contribution in [3.63, 3.8) is 0 Å². The van der Waals surface area contributed by atoms with Crippen LogP contribution in [0.3, 0.4) is 0 Å². The highest BCUT2D eigenvalue weighted by Crippen LogP contribution is 2.20. The van der Waals surface area contributed by atoms with E-state index in [2.05, 4.69) is 9.97 Å². The molecule has 0 aliphatic rings. The average Bonchev–Trinajstić information content (AvgIpc) is 2.39. The Bertz CT molecular complexity index is 405. The maximum absolute atomic E-state index is 5.43. The summed E-state index contributed by atoms with van der Waals surface area (Å²) < 4.78 is 5.09. The second kappa shape index (κ2) is 4.72. The monoisotopic (exact) mass is 215 g/mol. The molecule has 82 valence electrons. The minimum absolute atomic E-state index is 0.364. The summed E-state index contributed by atoms with van der Waals surface area (Å²) in [7, 11) is 1.65. The van der Waals surface area contributed by atoms with Gasteiger partial charge in [-0.15, -0.1) is 0 Å². The predicted octanol–water partition coefficient (Wildman–Crippen LogP) is 1.61. The molecule has 0 bridgehead atoms. The summed E-state index contributed by atoms with van der Waals surface area (Å²) in [5.74, 6) is 1.49. The van der Waals surface area contributed by atoms with E-state index < -0.39 is 0 Å². The van der Waals surface area contributed by atoms with Gasteiger partial charge in [0, 0.05) is 18.0 Å². The predicted molar refractivity (Wildman–Crippen MR) is 61.9 cm³/mol. The van der Waals surface area contributed by atoms with Crippen LogP contribution in [0.5, 0.6) is 5.75 Å². The largest absolute Gasteiger partial charge is 0.497 e. The second-order valence-corrected chi connectivity index (χ2v) is 3.32. The second-order valence-electron chi connectivity index (χ2n) is 3.32. The van der Waals surface area contributed by atoms with Gasteiger partial charge in [0.25, 0.3) is 0 Å². The van der Waals surface area contributed by atoms with Crippen LogP contribution in [0.25, 0.3) is 11.1 Å². The Kier molecular flexibility index (Phi) is 3.12. The summed E-state index contributed by atoms with van der Waals surface area (Å²) in [4.78, 5) is 8.30. The molecule has 2 aromatic rings. The van der Waals surface area contributed by atoms with Crippen molar-refractivity contribution in [2.24, 2.45) is 5.73 Å². The van der Waals surface area contributed by atoms with E-state index in [1.165, 1.54) is 0 Å². The number of ether oxygens (including phenoxy) is 1. The first-order valence-electron chi connectivity index (χ1n) is 4.99. The van der Waals surface area contributed by atoms with E-state index in [0.29, 0.717) is 12.4 Å². The van der Waals surface area contributed by atoms with E-state index >= 15 is 0 Å². The zero-order valence-corrected chi connectivity index (χ0v) is 9.05. The van der Waals surface area contributed by atoms with Gasteiger partial charge >= 0.3 is 0 Å². The SMILES string of the molecule is COc1ccc(-c2cnc(CN)nc2)cc1. The molecular weight excluding hydrogens is 202 g/mol. The van der Waals surface area contributed by atoms with E-state index in [-0.39, 0.29) is 0 Å². The first kappa shape index (κ1) is 10.6. The Morgan fingerprint density at radius 2 is 1.69 bits per heavy atom. The van der Waals surface area contributed by atoms with Crippen LogP contribution < -0.4 is 10.5 Å². The molecule has 0 saturated carbocycles. The van der Waals surface area contributed by atoms with Gasteiger partial charge < -0.3 is 10.5 Å². The molecule has 4 nitrogen and oxygen atoms in total. The summed E-state index contributed by atoms with van der Waals surface area (Å²) in [6.07, 6.45) is 3.55. The van der Waals surface area contributed by atoms with Crippen molar-refractivity contribution in [2.75, 3.05) is 7.11 Å². The first-order valence-corrected chi connectivity index (χ1v) is 4.99. The molecule has 0 fully saturated rings. The van der Waals surface area contributed by atoms with Gasteiger partial charge in [-0.3, -0.25) is 0 Å². The molecule has 0 spiro atoms. The quantitative estimate of drug-likeness (QED) is 0.845. The fraction of sp³-hybridized carbons (Fsp3) is 0.167. The van der Waals surface area contributed by atoms with Crippen molar-refractivity contribution in [2.45, 2.75) is 6.54 Å². The fourth-order valence-corrected chi connectivity index (χ4v) is 1.39. The van der Waals surface area contributed by atoms with Crippen molar-refractivity contribution >= 4 is 0 Å². The molecule has 0 atom stereocenters. The maximum atomic E-state index is 5.43.